The Kier molecular flexibility index (Phi) is 7.36. The van der Waals surface area contributed by atoms with E-state index in [-0.39, 0.29) is 17.7 Å². The van der Waals surface area contributed by atoms with Crippen LogP contribution in [0.1, 0.15) is 24.0 Å². The zero-order valence-electron chi connectivity index (χ0n) is 22.8. The summed E-state index contributed by atoms with van der Waals surface area (Å²) in [6.45, 7) is 4.87. The first-order valence-electron chi connectivity index (χ1n) is 13.8. The van der Waals surface area contributed by atoms with Crippen LogP contribution in [0.4, 0.5) is 14.5 Å². The molecule has 6 rings (SSSR count). The van der Waals surface area contributed by atoms with Gasteiger partial charge in [0.05, 0.1) is 18.0 Å². The summed E-state index contributed by atoms with van der Waals surface area (Å²) < 4.78 is 27.2. The normalized spacial score (nSPS) is 17.6. The van der Waals surface area contributed by atoms with Gasteiger partial charge in [0.1, 0.15) is 5.69 Å². The van der Waals surface area contributed by atoms with Gasteiger partial charge in [0.15, 0.2) is 11.6 Å². The van der Waals surface area contributed by atoms with Gasteiger partial charge in [0, 0.05) is 36.3 Å². The van der Waals surface area contributed by atoms with Crippen molar-refractivity contribution in [1.29, 1.82) is 0 Å². The van der Waals surface area contributed by atoms with E-state index in [0.29, 0.717) is 67.0 Å². The predicted molar refractivity (Wildman–Crippen MR) is 155 cm³/mol. The van der Waals surface area contributed by atoms with Gasteiger partial charge in [-0.1, -0.05) is 35.9 Å². The molecule has 0 bridgehead atoms. The van der Waals surface area contributed by atoms with E-state index >= 15 is 0 Å². The first kappa shape index (κ1) is 26.8. The van der Waals surface area contributed by atoms with Gasteiger partial charge in [-0.25, -0.2) is 8.78 Å². The predicted octanol–water partition coefficient (Wildman–Crippen LogP) is 5.39. The molecule has 0 saturated carbocycles. The number of nitrogens with one attached hydrogen (secondary N) is 2. The molecule has 3 aromatic carbocycles. The molecule has 7 nitrogen and oxygen atoms in total. The Morgan fingerprint density at radius 3 is 2.56 bits per heavy atom. The van der Waals surface area contributed by atoms with Crippen molar-refractivity contribution >= 4 is 34.0 Å². The number of hydrogen-bond donors (Lipinski definition) is 2. The molecule has 1 atom stereocenters. The fourth-order valence-corrected chi connectivity index (χ4v) is 5.61. The quantitative estimate of drug-likeness (QED) is 0.334. The second kappa shape index (κ2) is 11.2. The van der Waals surface area contributed by atoms with Gasteiger partial charge < -0.3 is 10.2 Å². The third-order valence-corrected chi connectivity index (χ3v) is 8.01. The molecule has 1 saturated heterocycles. The van der Waals surface area contributed by atoms with E-state index in [4.69, 9.17) is 0 Å². The van der Waals surface area contributed by atoms with E-state index in [2.05, 4.69) is 52.8 Å². The van der Waals surface area contributed by atoms with E-state index in [1.165, 1.54) is 22.8 Å². The molecule has 1 fully saturated rings. The number of H-pyrrole nitrogens is 1. The van der Waals surface area contributed by atoms with Crippen molar-refractivity contribution < 1.29 is 18.4 Å². The summed E-state index contributed by atoms with van der Waals surface area (Å²) in [5, 5.41) is 10.8. The Morgan fingerprint density at radius 1 is 1.00 bits per heavy atom. The maximum absolute atomic E-state index is 13.8. The van der Waals surface area contributed by atoms with Crippen molar-refractivity contribution in [3.63, 3.8) is 0 Å². The molecule has 0 unspecified atom stereocenters. The second-order valence-corrected chi connectivity index (χ2v) is 10.9. The van der Waals surface area contributed by atoms with E-state index in [1.807, 2.05) is 9.80 Å². The minimum atomic E-state index is -0.948. The van der Waals surface area contributed by atoms with Crippen LogP contribution < -0.4 is 5.32 Å². The number of anilines is 1. The number of carbonyl (C=O) groups excluding carboxylic acids is 2. The molecule has 2 aliphatic rings. The average molecular weight is 556 g/mol. The number of halogens is 2. The topological polar surface area (TPSA) is 81.3 Å². The van der Waals surface area contributed by atoms with E-state index in [0.717, 1.165) is 18.6 Å². The van der Waals surface area contributed by atoms with Crippen LogP contribution in [0.25, 0.3) is 27.7 Å². The minimum Gasteiger partial charge on any atom is -0.338 e. The number of benzene rings is 3. The van der Waals surface area contributed by atoms with Gasteiger partial charge in [0.25, 0.3) is 0 Å². The summed E-state index contributed by atoms with van der Waals surface area (Å²) in [4.78, 5) is 30.0. The lowest BCUT2D eigenvalue weighted by atomic mass is 9.98. The molecule has 0 aliphatic carbocycles. The van der Waals surface area contributed by atoms with Crippen LogP contribution in [0.15, 0.2) is 66.7 Å². The highest BCUT2D eigenvalue weighted by Crippen LogP contribution is 2.30. The lowest BCUT2D eigenvalue weighted by Crippen LogP contribution is -2.41. The molecular weight excluding hydrogens is 524 g/mol. The molecule has 2 N–H and O–H groups in total. The number of likely N-dealkylation sites (tertiary alicyclic amines) is 1. The van der Waals surface area contributed by atoms with Crippen molar-refractivity contribution in [3.8, 4) is 11.3 Å². The third kappa shape index (κ3) is 5.76. The summed E-state index contributed by atoms with van der Waals surface area (Å²) in [5.41, 5.74) is 5.93. The lowest BCUT2D eigenvalue weighted by molar-refractivity contribution is -0.132. The lowest BCUT2D eigenvalue weighted by Gasteiger charge is -2.28. The monoisotopic (exact) mass is 555 g/mol. The number of aryl methyl sites for hydroxylation is 1. The standard InChI is InChI=1S/C32H31F2N5O2/c1-20-2-4-21(5-3-20)22-11-14-39(15-12-22)30(40)19-38-13-10-24(18-38)32(41)35-25-7-9-29-26(17-25)31(37-36-29)23-6-8-27(33)28(34)16-23/h2-9,11,16-17,24H,10,12-15,18-19H2,1H3,(H,35,41)(H,36,37)/t24-/m1/s1. The highest BCUT2D eigenvalue weighted by atomic mass is 19.2. The third-order valence-electron chi connectivity index (χ3n) is 8.01. The first-order valence-corrected chi connectivity index (χ1v) is 13.8. The molecule has 41 heavy (non-hydrogen) atoms. The summed E-state index contributed by atoms with van der Waals surface area (Å²) in [7, 11) is 0. The van der Waals surface area contributed by atoms with Crippen molar-refractivity contribution in [2.24, 2.45) is 5.92 Å². The van der Waals surface area contributed by atoms with Crippen LogP contribution >= 0.6 is 0 Å². The summed E-state index contributed by atoms with van der Waals surface area (Å²) in [6.07, 6.45) is 3.64. The Hall–Kier alpha value is -4.37. The fourth-order valence-electron chi connectivity index (χ4n) is 5.61. The number of fused-ring (bicyclic) bond motifs is 1. The summed E-state index contributed by atoms with van der Waals surface area (Å²) >= 11 is 0. The zero-order chi connectivity index (χ0) is 28.5. The molecule has 1 aromatic heterocycles. The number of amides is 2. The molecule has 210 valence electrons. The highest BCUT2D eigenvalue weighted by molar-refractivity contribution is 5.99. The maximum atomic E-state index is 13.8. The van der Waals surface area contributed by atoms with Crippen molar-refractivity contribution in [2.45, 2.75) is 19.8 Å². The number of aromatic amines is 1. The van der Waals surface area contributed by atoms with Crippen LogP contribution in [-0.4, -0.2) is 64.5 Å². The molecular formula is C32H31F2N5O2. The second-order valence-electron chi connectivity index (χ2n) is 10.9. The smallest absolute Gasteiger partial charge is 0.237 e. The van der Waals surface area contributed by atoms with Gasteiger partial charge in [0.2, 0.25) is 11.8 Å². The van der Waals surface area contributed by atoms with Gasteiger partial charge in [-0.05, 0) is 73.8 Å². The van der Waals surface area contributed by atoms with Crippen LogP contribution in [0, 0.1) is 24.5 Å². The van der Waals surface area contributed by atoms with Crippen LogP contribution in [-0.2, 0) is 9.59 Å². The Labute approximate surface area is 236 Å². The first-order chi connectivity index (χ1) is 19.8. The summed E-state index contributed by atoms with van der Waals surface area (Å²) in [5.74, 6) is -2.13. The van der Waals surface area contributed by atoms with Crippen molar-refractivity contribution in [1.82, 2.24) is 20.0 Å². The largest absolute Gasteiger partial charge is 0.338 e. The number of carbonyl (C=O) groups is 2. The van der Waals surface area contributed by atoms with E-state index in [1.54, 1.807) is 18.2 Å². The molecule has 0 radical (unpaired) electrons. The van der Waals surface area contributed by atoms with E-state index < -0.39 is 11.6 Å². The summed E-state index contributed by atoms with van der Waals surface area (Å²) in [6, 6.07) is 17.5. The molecule has 3 heterocycles. The highest BCUT2D eigenvalue weighted by Gasteiger charge is 2.31. The zero-order valence-corrected chi connectivity index (χ0v) is 22.8. The van der Waals surface area contributed by atoms with Gasteiger partial charge in [-0.15, -0.1) is 0 Å². The molecule has 0 spiro atoms. The molecule has 2 amide bonds. The molecule has 9 heteroatoms. The Morgan fingerprint density at radius 2 is 1.80 bits per heavy atom. The number of nitrogens with zero attached hydrogens (tertiary/aromatic N) is 3. The Bertz CT molecular complexity index is 1650. The minimum absolute atomic E-state index is 0.0837. The number of rotatable bonds is 6. The molecule has 4 aromatic rings. The van der Waals surface area contributed by atoms with Crippen LogP contribution in [0.3, 0.4) is 0 Å². The van der Waals surface area contributed by atoms with E-state index in [9.17, 15) is 18.4 Å². The Balaban J connectivity index is 1.04. The van der Waals surface area contributed by atoms with Crippen molar-refractivity contribution in [2.75, 3.05) is 38.0 Å². The molecule has 2 aliphatic heterocycles. The van der Waals surface area contributed by atoms with Crippen LogP contribution in [0.5, 0.6) is 0 Å². The van der Waals surface area contributed by atoms with Gasteiger partial charge in [-0.2, -0.15) is 5.10 Å². The van der Waals surface area contributed by atoms with Crippen molar-refractivity contribution in [3.05, 3.63) is 89.5 Å². The fraction of sp³-hybridized carbons (Fsp3) is 0.281. The van der Waals surface area contributed by atoms with Gasteiger partial charge >= 0.3 is 0 Å². The van der Waals surface area contributed by atoms with Gasteiger partial charge in [-0.3, -0.25) is 19.6 Å². The average Bonchev–Trinajstić information content (AvgIpc) is 3.62. The van der Waals surface area contributed by atoms with Crippen LogP contribution in [0.2, 0.25) is 0 Å². The SMILES string of the molecule is Cc1ccc(C2=CCN(C(=O)CN3CC[C@@H](C(=O)Nc4ccc5[nH]nc(-c6ccc(F)c(F)c6)c5c4)C3)CC2)cc1. The number of aromatic nitrogens is 2. The number of hydrogen-bond acceptors (Lipinski definition) is 4. The maximum Gasteiger partial charge on any atom is 0.237 e.